The van der Waals surface area contributed by atoms with Gasteiger partial charge in [0, 0.05) is 18.0 Å². The van der Waals surface area contributed by atoms with Gasteiger partial charge < -0.3 is 9.64 Å². The number of rotatable bonds is 4. The predicted molar refractivity (Wildman–Crippen MR) is 129 cm³/mol. The molecule has 0 bridgehead atoms. The van der Waals surface area contributed by atoms with Gasteiger partial charge in [-0.25, -0.2) is 4.98 Å². The van der Waals surface area contributed by atoms with Crippen LogP contribution in [0.15, 0.2) is 40.3 Å². The lowest BCUT2D eigenvalue weighted by Crippen LogP contribution is -2.44. The summed E-state index contributed by atoms with van der Waals surface area (Å²) in [5.41, 5.74) is 1.96. The minimum Gasteiger partial charge on any atom is -0.378 e. The number of aromatic nitrogens is 2. The second-order valence-electron chi connectivity index (χ2n) is 8.31. The number of hydrogen-bond acceptors (Lipinski definition) is 6. The molecule has 8 heteroatoms. The molecule has 2 aliphatic rings. The van der Waals surface area contributed by atoms with Crippen LogP contribution < -0.4 is 5.56 Å². The molecule has 0 N–H and O–H groups in total. The zero-order chi connectivity index (χ0) is 22.1. The lowest BCUT2D eigenvalue weighted by molar-refractivity contribution is -0.134. The lowest BCUT2D eigenvalue weighted by Gasteiger charge is -2.29. The topological polar surface area (TPSA) is 64.4 Å². The van der Waals surface area contributed by atoms with E-state index in [4.69, 9.17) is 9.72 Å². The standard InChI is InChI=1S/C24H27N3O3S2/c1-16(22(28)26-12-14-30-15-13-26)31-24-25-21-20(18-10-6-3-7-11-19(18)32-21)23(29)27(24)17-8-4-2-5-9-17/h2,4-5,8-9,16H,3,6-7,10-15H2,1H3. The number of nitrogens with zero attached hydrogens (tertiary/aromatic N) is 3. The number of para-hydroxylation sites is 1. The molecule has 0 saturated carbocycles. The normalized spacial score (nSPS) is 17.7. The zero-order valence-electron chi connectivity index (χ0n) is 18.2. The summed E-state index contributed by atoms with van der Waals surface area (Å²) < 4.78 is 7.08. The first-order valence-electron chi connectivity index (χ1n) is 11.3. The van der Waals surface area contributed by atoms with Crippen LogP contribution >= 0.6 is 23.1 Å². The van der Waals surface area contributed by atoms with Gasteiger partial charge in [-0.1, -0.05) is 36.4 Å². The third-order valence-electron chi connectivity index (χ3n) is 6.18. The molecule has 0 radical (unpaired) electrons. The number of ether oxygens (including phenoxy) is 1. The second kappa shape index (κ2) is 9.37. The van der Waals surface area contributed by atoms with E-state index < -0.39 is 0 Å². The smallest absolute Gasteiger partial charge is 0.267 e. The van der Waals surface area contributed by atoms with Crippen molar-refractivity contribution in [1.82, 2.24) is 14.5 Å². The van der Waals surface area contributed by atoms with Crippen molar-refractivity contribution >= 4 is 39.2 Å². The molecule has 6 nitrogen and oxygen atoms in total. The number of amides is 1. The number of carbonyl (C=O) groups excluding carboxylic acids is 1. The minimum absolute atomic E-state index is 0.0193. The highest BCUT2D eigenvalue weighted by Crippen LogP contribution is 2.35. The Morgan fingerprint density at radius 1 is 1.12 bits per heavy atom. The van der Waals surface area contributed by atoms with E-state index in [9.17, 15) is 9.59 Å². The Bertz CT molecular complexity index is 1180. The molecule has 1 unspecified atom stereocenters. The molecule has 1 atom stereocenters. The van der Waals surface area contributed by atoms with Gasteiger partial charge in [0.15, 0.2) is 5.16 Å². The average molecular weight is 470 g/mol. The molecule has 1 aliphatic heterocycles. The van der Waals surface area contributed by atoms with Crippen LogP contribution in [0.3, 0.4) is 0 Å². The maximum atomic E-state index is 13.9. The molecule has 32 heavy (non-hydrogen) atoms. The molecule has 3 aromatic rings. The van der Waals surface area contributed by atoms with Crippen molar-refractivity contribution in [2.45, 2.75) is 49.4 Å². The van der Waals surface area contributed by atoms with E-state index in [0.29, 0.717) is 31.5 Å². The molecule has 0 spiro atoms. The predicted octanol–water partition coefficient (Wildman–Crippen LogP) is 4.06. The van der Waals surface area contributed by atoms with Crippen molar-refractivity contribution in [3.63, 3.8) is 0 Å². The first kappa shape index (κ1) is 21.7. The van der Waals surface area contributed by atoms with E-state index >= 15 is 0 Å². The number of morpholine rings is 1. The summed E-state index contributed by atoms with van der Waals surface area (Å²) in [6, 6.07) is 9.65. The van der Waals surface area contributed by atoms with Crippen molar-refractivity contribution in [3.8, 4) is 5.69 Å². The molecule has 5 rings (SSSR count). The number of thiophene rings is 1. The van der Waals surface area contributed by atoms with Crippen LogP contribution in [-0.4, -0.2) is 51.9 Å². The van der Waals surface area contributed by atoms with Crippen molar-refractivity contribution in [3.05, 3.63) is 51.1 Å². The van der Waals surface area contributed by atoms with Gasteiger partial charge in [0.2, 0.25) is 5.91 Å². The van der Waals surface area contributed by atoms with Gasteiger partial charge >= 0.3 is 0 Å². The largest absolute Gasteiger partial charge is 0.378 e. The fourth-order valence-corrected chi connectivity index (χ4v) is 6.81. The Morgan fingerprint density at radius 3 is 2.66 bits per heavy atom. The van der Waals surface area contributed by atoms with Gasteiger partial charge in [-0.05, 0) is 50.3 Å². The average Bonchev–Trinajstić information content (AvgIpc) is 3.01. The highest BCUT2D eigenvalue weighted by molar-refractivity contribution is 8.00. The molecule has 1 amide bonds. The number of hydrogen-bond donors (Lipinski definition) is 0. The van der Waals surface area contributed by atoms with Gasteiger partial charge in [-0.2, -0.15) is 0 Å². The summed E-state index contributed by atoms with van der Waals surface area (Å²) in [4.78, 5) is 35.8. The van der Waals surface area contributed by atoms with E-state index in [1.54, 1.807) is 15.9 Å². The van der Waals surface area contributed by atoms with Crippen LogP contribution in [0.25, 0.3) is 15.9 Å². The van der Waals surface area contributed by atoms with Gasteiger partial charge in [-0.15, -0.1) is 11.3 Å². The van der Waals surface area contributed by atoms with Crippen LogP contribution in [0.5, 0.6) is 0 Å². The van der Waals surface area contributed by atoms with Crippen molar-refractivity contribution in [2.75, 3.05) is 26.3 Å². The maximum absolute atomic E-state index is 13.9. The van der Waals surface area contributed by atoms with E-state index in [1.807, 2.05) is 42.2 Å². The van der Waals surface area contributed by atoms with Crippen molar-refractivity contribution < 1.29 is 9.53 Å². The van der Waals surface area contributed by atoms with Crippen molar-refractivity contribution in [2.24, 2.45) is 0 Å². The second-order valence-corrected chi connectivity index (χ2v) is 10.7. The fourth-order valence-electron chi connectivity index (χ4n) is 4.50. The molecular formula is C24H27N3O3S2. The van der Waals surface area contributed by atoms with Crippen LogP contribution in [-0.2, 0) is 22.4 Å². The Hall–Kier alpha value is -2.16. The van der Waals surface area contributed by atoms with Gasteiger partial charge in [0.25, 0.3) is 5.56 Å². The summed E-state index contributed by atoms with van der Waals surface area (Å²) in [5.74, 6) is 0.0641. The summed E-state index contributed by atoms with van der Waals surface area (Å²) >= 11 is 3.03. The molecule has 1 aliphatic carbocycles. The molecule has 1 aromatic carbocycles. The highest BCUT2D eigenvalue weighted by Gasteiger charge is 2.27. The molecule has 168 valence electrons. The minimum atomic E-state index is -0.342. The molecular weight excluding hydrogens is 442 g/mol. The molecule has 1 fully saturated rings. The first-order valence-corrected chi connectivity index (χ1v) is 13.0. The maximum Gasteiger partial charge on any atom is 0.267 e. The van der Waals surface area contributed by atoms with Crippen LogP contribution in [0.2, 0.25) is 0 Å². The van der Waals surface area contributed by atoms with E-state index in [0.717, 1.165) is 35.2 Å². The van der Waals surface area contributed by atoms with Crippen LogP contribution in [0, 0.1) is 0 Å². The Balaban J connectivity index is 1.59. The van der Waals surface area contributed by atoms with Gasteiger partial charge in [0.1, 0.15) is 4.83 Å². The number of aryl methyl sites for hydroxylation is 2. The van der Waals surface area contributed by atoms with Crippen LogP contribution in [0.1, 0.15) is 36.6 Å². The van der Waals surface area contributed by atoms with Gasteiger partial charge in [0.05, 0.1) is 29.5 Å². The summed E-state index contributed by atoms with van der Waals surface area (Å²) in [7, 11) is 0. The lowest BCUT2D eigenvalue weighted by atomic mass is 10.1. The summed E-state index contributed by atoms with van der Waals surface area (Å²) in [6.45, 7) is 4.27. The van der Waals surface area contributed by atoms with Crippen LogP contribution in [0.4, 0.5) is 0 Å². The summed E-state index contributed by atoms with van der Waals surface area (Å²) in [5, 5.41) is 1.01. The SMILES string of the molecule is CC(Sc1nc2sc3c(c2c(=O)n1-c1ccccc1)CCCCC3)C(=O)N1CCOCC1. The third kappa shape index (κ3) is 4.11. The quantitative estimate of drug-likeness (QED) is 0.328. The number of carbonyl (C=O) groups is 1. The molecule has 1 saturated heterocycles. The Labute approximate surface area is 195 Å². The Morgan fingerprint density at radius 2 is 1.88 bits per heavy atom. The number of thioether (sulfide) groups is 1. The molecule has 2 aromatic heterocycles. The fraction of sp³-hybridized carbons (Fsp3) is 0.458. The monoisotopic (exact) mass is 469 g/mol. The Kier molecular flexibility index (Phi) is 6.35. The van der Waals surface area contributed by atoms with E-state index in [2.05, 4.69) is 0 Å². The molecule has 3 heterocycles. The first-order chi connectivity index (χ1) is 15.6. The highest BCUT2D eigenvalue weighted by atomic mass is 32.2. The third-order valence-corrected chi connectivity index (χ3v) is 8.40. The summed E-state index contributed by atoms with van der Waals surface area (Å²) in [6.07, 6.45) is 5.46. The van der Waals surface area contributed by atoms with E-state index in [-0.39, 0.29) is 16.7 Å². The number of benzene rings is 1. The number of fused-ring (bicyclic) bond motifs is 3. The van der Waals surface area contributed by atoms with Crippen molar-refractivity contribution in [1.29, 1.82) is 0 Å². The van der Waals surface area contributed by atoms with Gasteiger partial charge in [-0.3, -0.25) is 14.2 Å². The zero-order valence-corrected chi connectivity index (χ0v) is 19.8. The van der Waals surface area contributed by atoms with E-state index in [1.165, 1.54) is 35.0 Å².